The Morgan fingerprint density at radius 2 is 1.38 bits per heavy atom. The van der Waals surface area contributed by atoms with Crippen molar-refractivity contribution >= 4 is 0 Å². The van der Waals surface area contributed by atoms with Crippen molar-refractivity contribution in [2.24, 2.45) is 0 Å². The second-order valence-corrected chi connectivity index (χ2v) is 8.09. The Morgan fingerprint density at radius 1 is 0.885 bits per heavy atom. The van der Waals surface area contributed by atoms with E-state index in [1.807, 2.05) is 24.3 Å². The molecule has 146 valence electrons. The highest BCUT2D eigenvalue weighted by Crippen LogP contribution is 2.20. The van der Waals surface area contributed by atoms with Crippen LogP contribution in [-0.2, 0) is 0 Å². The van der Waals surface area contributed by atoms with E-state index in [9.17, 15) is 5.11 Å². The third-order valence-corrected chi connectivity index (χ3v) is 6.23. The number of benzene rings is 1. The first kappa shape index (κ1) is 19.5. The summed E-state index contributed by atoms with van der Waals surface area (Å²) in [6, 6.07) is 9.06. The van der Waals surface area contributed by atoms with Gasteiger partial charge in [0.05, 0.1) is 19.2 Å². The highest BCUT2D eigenvalue weighted by molar-refractivity contribution is 5.31. The summed E-state index contributed by atoms with van der Waals surface area (Å²) < 4.78 is 11.0. The van der Waals surface area contributed by atoms with Gasteiger partial charge in [-0.25, -0.2) is 0 Å². The fraction of sp³-hybridized carbons (Fsp3) is 0.727. The lowest BCUT2D eigenvalue weighted by Crippen LogP contribution is -3.20. The molecule has 0 heterocycles. The Balaban J connectivity index is 1.54. The second-order valence-electron chi connectivity index (χ2n) is 8.09. The minimum Gasteiger partial charge on any atom is -0.497 e. The molecule has 0 saturated heterocycles. The molecule has 2 saturated carbocycles. The number of nitrogens with one attached hydrogen (secondary N) is 1. The number of aliphatic hydroxyl groups excluding tert-OH is 1. The van der Waals surface area contributed by atoms with E-state index < -0.39 is 6.10 Å². The van der Waals surface area contributed by atoms with Crippen LogP contribution in [0.4, 0.5) is 0 Å². The predicted molar refractivity (Wildman–Crippen MR) is 104 cm³/mol. The molecule has 4 nitrogen and oxygen atoms in total. The third kappa shape index (κ3) is 5.62. The summed E-state index contributed by atoms with van der Waals surface area (Å²) in [4.78, 5) is 1.66. The van der Waals surface area contributed by atoms with E-state index in [1.165, 1.54) is 64.2 Å². The number of hydrogen-bond donors (Lipinski definition) is 2. The zero-order chi connectivity index (χ0) is 18.2. The summed E-state index contributed by atoms with van der Waals surface area (Å²) in [5.41, 5.74) is 0. The zero-order valence-corrected chi connectivity index (χ0v) is 16.3. The van der Waals surface area contributed by atoms with Crippen molar-refractivity contribution in [3.8, 4) is 11.5 Å². The summed E-state index contributed by atoms with van der Waals surface area (Å²) in [5, 5.41) is 10.7. The molecule has 0 bridgehead atoms. The molecule has 2 aliphatic rings. The molecule has 3 rings (SSSR count). The van der Waals surface area contributed by atoms with Gasteiger partial charge in [-0.05, 0) is 75.6 Å². The van der Waals surface area contributed by atoms with Gasteiger partial charge in [-0.3, -0.25) is 0 Å². The van der Waals surface area contributed by atoms with Crippen molar-refractivity contribution in [1.82, 2.24) is 0 Å². The Bertz CT molecular complexity index is 489. The van der Waals surface area contributed by atoms with Gasteiger partial charge in [0.2, 0.25) is 0 Å². The van der Waals surface area contributed by atoms with Crippen LogP contribution in [0.15, 0.2) is 24.3 Å². The fourth-order valence-corrected chi connectivity index (χ4v) is 4.81. The lowest BCUT2D eigenvalue weighted by Gasteiger charge is -2.39. The fourth-order valence-electron chi connectivity index (χ4n) is 4.81. The Hall–Kier alpha value is -1.26. The van der Waals surface area contributed by atoms with E-state index in [2.05, 4.69) is 0 Å². The van der Waals surface area contributed by atoms with Gasteiger partial charge in [0.25, 0.3) is 0 Å². The number of rotatable bonds is 8. The van der Waals surface area contributed by atoms with Gasteiger partial charge < -0.3 is 19.5 Å². The number of methoxy groups -OCH3 is 1. The molecular formula is C22H36NO3+. The number of quaternary nitrogens is 1. The molecule has 0 unspecified atom stereocenters. The summed E-state index contributed by atoms with van der Waals surface area (Å²) in [7, 11) is 1.66. The molecule has 0 radical (unpaired) electrons. The van der Waals surface area contributed by atoms with Crippen molar-refractivity contribution in [3.63, 3.8) is 0 Å². The normalized spacial score (nSPS) is 20.9. The smallest absolute Gasteiger partial charge is 0.137 e. The standard InChI is InChI=1S/C22H35NO3/c1-25-21-12-14-22(15-13-21)26-17-20(24)16-23(18-8-4-2-5-9-18)19-10-6-3-7-11-19/h12-15,18-20,24H,2-11,16-17H2,1H3/p+1/t20-/m1/s1. The van der Waals surface area contributed by atoms with Crippen LogP contribution < -0.4 is 14.4 Å². The van der Waals surface area contributed by atoms with E-state index in [-0.39, 0.29) is 0 Å². The first-order chi connectivity index (χ1) is 12.8. The van der Waals surface area contributed by atoms with Crippen molar-refractivity contribution in [2.45, 2.75) is 82.4 Å². The van der Waals surface area contributed by atoms with Gasteiger partial charge in [-0.2, -0.15) is 0 Å². The van der Waals surface area contributed by atoms with Gasteiger partial charge in [0.15, 0.2) is 0 Å². The molecule has 2 aliphatic carbocycles. The maximum absolute atomic E-state index is 10.7. The first-order valence-electron chi connectivity index (χ1n) is 10.6. The van der Waals surface area contributed by atoms with E-state index >= 15 is 0 Å². The highest BCUT2D eigenvalue weighted by atomic mass is 16.5. The molecule has 2 N–H and O–H groups in total. The second kappa shape index (κ2) is 10.2. The Morgan fingerprint density at radius 3 is 1.88 bits per heavy atom. The third-order valence-electron chi connectivity index (χ3n) is 6.23. The van der Waals surface area contributed by atoms with Crippen LogP contribution in [-0.4, -0.2) is 43.6 Å². The van der Waals surface area contributed by atoms with E-state index in [4.69, 9.17) is 9.47 Å². The van der Waals surface area contributed by atoms with Gasteiger partial charge in [-0.15, -0.1) is 0 Å². The molecule has 1 atom stereocenters. The monoisotopic (exact) mass is 362 g/mol. The summed E-state index contributed by atoms with van der Waals surface area (Å²) in [6.45, 7) is 1.20. The molecule has 0 aliphatic heterocycles. The molecule has 0 amide bonds. The predicted octanol–water partition coefficient (Wildman–Crippen LogP) is 2.99. The van der Waals surface area contributed by atoms with Crippen LogP contribution in [0, 0.1) is 0 Å². The maximum atomic E-state index is 10.7. The topological polar surface area (TPSA) is 43.1 Å². The average molecular weight is 363 g/mol. The van der Waals surface area contributed by atoms with Crippen molar-refractivity contribution < 1.29 is 19.5 Å². The van der Waals surface area contributed by atoms with Gasteiger partial charge in [-0.1, -0.05) is 12.8 Å². The highest BCUT2D eigenvalue weighted by Gasteiger charge is 2.33. The summed E-state index contributed by atoms with van der Waals surface area (Å²) in [5.74, 6) is 1.62. The molecule has 0 spiro atoms. The number of hydrogen-bond acceptors (Lipinski definition) is 3. The van der Waals surface area contributed by atoms with Gasteiger partial charge in [0, 0.05) is 0 Å². The molecule has 4 heteroatoms. The van der Waals surface area contributed by atoms with Crippen LogP contribution in [0.2, 0.25) is 0 Å². The van der Waals surface area contributed by atoms with E-state index in [0.717, 1.165) is 30.1 Å². The summed E-state index contributed by atoms with van der Waals surface area (Å²) >= 11 is 0. The van der Waals surface area contributed by atoms with Gasteiger partial charge in [0.1, 0.15) is 30.8 Å². The van der Waals surface area contributed by atoms with Crippen LogP contribution in [0.1, 0.15) is 64.2 Å². The zero-order valence-electron chi connectivity index (χ0n) is 16.3. The van der Waals surface area contributed by atoms with Crippen molar-refractivity contribution in [1.29, 1.82) is 0 Å². The van der Waals surface area contributed by atoms with E-state index in [0.29, 0.717) is 6.61 Å². The lowest BCUT2D eigenvalue weighted by molar-refractivity contribution is -0.955. The Kier molecular flexibility index (Phi) is 7.63. The van der Waals surface area contributed by atoms with Crippen LogP contribution in [0.5, 0.6) is 11.5 Å². The quantitative estimate of drug-likeness (QED) is 0.747. The number of ether oxygens (including phenoxy) is 2. The van der Waals surface area contributed by atoms with Crippen LogP contribution in [0.25, 0.3) is 0 Å². The van der Waals surface area contributed by atoms with Crippen molar-refractivity contribution in [3.05, 3.63) is 24.3 Å². The molecule has 1 aromatic rings. The first-order valence-corrected chi connectivity index (χ1v) is 10.6. The average Bonchev–Trinajstić information content (AvgIpc) is 2.72. The van der Waals surface area contributed by atoms with Crippen LogP contribution >= 0.6 is 0 Å². The maximum Gasteiger partial charge on any atom is 0.137 e. The molecule has 26 heavy (non-hydrogen) atoms. The van der Waals surface area contributed by atoms with E-state index in [1.54, 1.807) is 12.0 Å². The minimum atomic E-state index is -0.407. The summed E-state index contributed by atoms with van der Waals surface area (Å²) in [6.07, 6.45) is 13.1. The molecule has 2 fully saturated rings. The largest absolute Gasteiger partial charge is 0.497 e. The lowest BCUT2D eigenvalue weighted by atomic mass is 9.88. The van der Waals surface area contributed by atoms with Gasteiger partial charge >= 0.3 is 0 Å². The minimum absolute atomic E-state index is 0.370. The SMILES string of the molecule is COc1ccc(OC[C@H](O)C[NH+](C2CCCCC2)C2CCCCC2)cc1. The van der Waals surface area contributed by atoms with Crippen LogP contribution in [0.3, 0.4) is 0 Å². The van der Waals surface area contributed by atoms with Crippen molar-refractivity contribution in [2.75, 3.05) is 20.3 Å². The molecular weight excluding hydrogens is 326 g/mol. The Labute approximate surface area is 158 Å². The molecule has 1 aromatic carbocycles. The molecule has 0 aromatic heterocycles. The number of aliphatic hydroxyl groups is 1.